The van der Waals surface area contributed by atoms with Crippen LogP contribution in [-0.2, 0) is 11.3 Å². The Labute approximate surface area is 108 Å². The summed E-state index contributed by atoms with van der Waals surface area (Å²) in [5.74, 6) is 0.903. The van der Waals surface area contributed by atoms with E-state index in [9.17, 15) is 5.11 Å². The minimum atomic E-state index is -0.613. The largest absolute Gasteiger partial charge is 0.454 e. The van der Waals surface area contributed by atoms with Crippen LogP contribution in [0.1, 0.15) is 18.6 Å². The summed E-state index contributed by atoms with van der Waals surface area (Å²) in [6, 6.07) is 3.88. The van der Waals surface area contributed by atoms with Gasteiger partial charge in [0.05, 0.1) is 12.1 Å². The lowest BCUT2D eigenvalue weighted by atomic mass is 9.94. The van der Waals surface area contributed by atoms with Crippen LogP contribution in [0, 0.1) is 3.77 Å². The average Bonchev–Trinajstić information content (AvgIpc) is 2.65. The van der Waals surface area contributed by atoms with Crippen molar-refractivity contribution in [2.45, 2.75) is 25.0 Å². The summed E-state index contributed by atoms with van der Waals surface area (Å²) in [4.78, 5) is 0. The number of ether oxygens (including phenoxy) is 1. The molecule has 0 aromatic carbocycles. The Kier molecular flexibility index (Phi) is 4.23. The molecule has 1 aromatic rings. The lowest BCUT2D eigenvalue weighted by molar-refractivity contribution is -0.0618. The molecule has 16 heavy (non-hydrogen) atoms. The molecule has 1 saturated heterocycles. The first-order valence-corrected chi connectivity index (χ1v) is 6.51. The second kappa shape index (κ2) is 5.48. The molecule has 0 bridgehead atoms. The number of hydrogen-bond donors (Lipinski definition) is 2. The quantitative estimate of drug-likeness (QED) is 0.818. The van der Waals surface area contributed by atoms with Crippen LogP contribution in [0.5, 0.6) is 0 Å². The highest BCUT2D eigenvalue weighted by Crippen LogP contribution is 2.19. The van der Waals surface area contributed by atoms with Crippen molar-refractivity contribution in [3.8, 4) is 0 Å². The fourth-order valence-electron chi connectivity index (χ4n) is 1.79. The Morgan fingerprint density at radius 2 is 2.12 bits per heavy atom. The van der Waals surface area contributed by atoms with E-state index in [-0.39, 0.29) is 0 Å². The van der Waals surface area contributed by atoms with Gasteiger partial charge in [-0.3, -0.25) is 0 Å². The maximum Gasteiger partial charge on any atom is 0.164 e. The van der Waals surface area contributed by atoms with Crippen molar-refractivity contribution in [2.75, 3.05) is 19.8 Å². The SMILES string of the molecule is OC1(CNCc2ccc(I)o2)CCOCC1. The van der Waals surface area contributed by atoms with Gasteiger partial charge in [-0.2, -0.15) is 0 Å². The third-order valence-electron chi connectivity index (χ3n) is 2.81. The summed E-state index contributed by atoms with van der Waals surface area (Å²) in [6.07, 6.45) is 1.41. The molecule has 2 rings (SSSR count). The van der Waals surface area contributed by atoms with E-state index in [1.165, 1.54) is 0 Å². The number of nitrogens with one attached hydrogen (secondary N) is 1. The molecule has 0 atom stereocenters. The first-order valence-electron chi connectivity index (χ1n) is 5.43. The number of hydrogen-bond acceptors (Lipinski definition) is 4. The lowest BCUT2D eigenvalue weighted by Gasteiger charge is -2.32. The molecular formula is C11H16INO3. The van der Waals surface area contributed by atoms with Crippen molar-refractivity contribution in [3.63, 3.8) is 0 Å². The molecule has 0 amide bonds. The molecule has 0 saturated carbocycles. The summed E-state index contributed by atoms with van der Waals surface area (Å²) < 4.78 is 11.5. The van der Waals surface area contributed by atoms with Crippen molar-refractivity contribution in [3.05, 3.63) is 21.7 Å². The van der Waals surface area contributed by atoms with Crippen LogP contribution >= 0.6 is 22.6 Å². The van der Waals surface area contributed by atoms with Gasteiger partial charge in [0.25, 0.3) is 0 Å². The molecule has 2 N–H and O–H groups in total. The van der Waals surface area contributed by atoms with E-state index in [0.29, 0.717) is 39.1 Å². The molecule has 2 heterocycles. The van der Waals surface area contributed by atoms with Gasteiger partial charge in [-0.1, -0.05) is 0 Å². The molecule has 1 fully saturated rings. The van der Waals surface area contributed by atoms with Gasteiger partial charge in [-0.05, 0) is 34.7 Å². The summed E-state index contributed by atoms with van der Waals surface area (Å²) in [7, 11) is 0. The first-order chi connectivity index (χ1) is 7.68. The third kappa shape index (κ3) is 3.44. The fourth-order valence-corrected chi connectivity index (χ4v) is 2.26. The Morgan fingerprint density at radius 3 is 2.75 bits per heavy atom. The van der Waals surface area contributed by atoms with Crippen molar-refractivity contribution < 1.29 is 14.3 Å². The van der Waals surface area contributed by atoms with Gasteiger partial charge < -0.3 is 19.6 Å². The van der Waals surface area contributed by atoms with E-state index >= 15 is 0 Å². The second-order valence-corrected chi connectivity index (χ2v) is 5.21. The Balaban J connectivity index is 1.74. The van der Waals surface area contributed by atoms with Gasteiger partial charge in [0, 0.05) is 32.6 Å². The number of rotatable bonds is 4. The molecule has 4 nitrogen and oxygen atoms in total. The van der Waals surface area contributed by atoms with Crippen molar-refractivity contribution in [1.29, 1.82) is 0 Å². The molecule has 90 valence electrons. The molecule has 1 aromatic heterocycles. The standard InChI is InChI=1S/C11H16INO3/c12-10-2-1-9(16-10)7-13-8-11(14)3-5-15-6-4-11/h1-2,13-14H,3-8H2. The first kappa shape index (κ1) is 12.3. The number of aliphatic hydroxyl groups is 1. The highest BCUT2D eigenvalue weighted by atomic mass is 127. The number of halogens is 1. The van der Waals surface area contributed by atoms with E-state index in [1.807, 2.05) is 12.1 Å². The zero-order valence-corrected chi connectivity index (χ0v) is 11.2. The summed E-state index contributed by atoms with van der Waals surface area (Å²) in [5, 5.41) is 13.4. The minimum Gasteiger partial charge on any atom is -0.454 e. The van der Waals surface area contributed by atoms with Crippen LogP contribution in [0.4, 0.5) is 0 Å². The van der Waals surface area contributed by atoms with Crippen LogP contribution in [0.15, 0.2) is 16.5 Å². The van der Waals surface area contributed by atoms with E-state index in [2.05, 4.69) is 27.9 Å². The van der Waals surface area contributed by atoms with Gasteiger partial charge in [-0.15, -0.1) is 0 Å². The number of furan rings is 1. The molecule has 0 spiro atoms. The lowest BCUT2D eigenvalue weighted by Crippen LogP contribution is -2.44. The van der Waals surface area contributed by atoms with Gasteiger partial charge in [0.1, 0.15) is 5.76 Å². The Morgan fingerprint density at radius 1 is 1.38 bits per heavy atom. The predicted octanol–water partition coefficient (Wildman–Crippen LogP) is 1.52. The van der Waals surface area contributed by atoms with Crippen molar-refractivity contribution in [2.24, 2.45) is 0 Å². The Hall–Kier alpha value is -0.110. The maximum atomic E-state index is 10.2. The average molecular weight is 337 g/mol. The maximum absolute atomic E-state index is 10.2. The highest BCUT2D eigenvalue weighted by Gasteiger charge is 2.29. The molecule has 5 heteroatoms. The minimum absolute atomic E-state index is 0.591. The summed E-state index contributed by atoms with van der Waals surface area (Å²) in [6.45, 7) is 2.55. The zero-order chi connectivity index (χ0) is 11.4. The summed E-state index contributed by atoms with van der Waals surface area (Å²) in [5.41, 5.74) is -0.613. The molecular weight excluding hydrogens is 321 g/mol. The predicted molar refractivity (Wildman–Crippen MR) is 68.1 cm³/mol. The smallest absolute Gasteiger partial charge is 0.164 e. The van der Waals surface area contributed by atoms with E-state index in [1.54, 1.807) is 0 Å². The molecule has 1 aliphatic heterocycles. The van der Waals surface area contributed by atoms with E-state index < -0.39 is 5.60 Å². The highest BCUT2D eigenvalue weighted by molar-refractivity contribution is 14.1. The van der Waals surface area contributed by atoms with Gasteiger partial charge >= 0.3 is 0 Å². The van der Waals surface area contributed by atoms with Crippen LogP contribution in [0.25, 0.3) is 0 Å². The van der Waals surface area contributed by atoms with Crippen LogP contribution < -0.4 is 5.32 Å². The molecule has 0 radical (unpaired) electrons. The Bertz CT molecular complexity index is 334. The molecule has 0 aliphatic carbocycles. The monoisotopic (exact) mass is 337 g/mol. The van der Waals surface area contributed by atoms with E-state index in [0.717, 1.165) is 9.53 Å². The van der Waals surface area contributed by atoms with Gasteiger partial charge in [-0.25, -0.2) is 0 Å². The fraction of sp³-hybridized carbons (Fsp3) is 0.636. The van der Waals surface area contributed by atoms with Gasteiger partial charge in [0.15, 0.2) is 3.77 Å². The van der Waals surface area contributed by atoms with E-state index in [4.69, 9.17) is 9.15 Å². The molecule has 0 unspecified atom stereocenters. The second-order valence-electron chi connectivity index (χ2n) is 4.15. The summed E-state index contributed by atoms with van der Waals surface area (Å²) >= 11 is 2.14. The van der Waals surface area contributed by atoms with Crippen LogP contribution in [0.3, 0.4) is 0 Å². The molecule has 1 aliphatic rings. The van der Waals surface area contributed by atoms with Crippen molar-refractivity contribution in [1.82, 2.24) is 5.32 Å². The van der Waals surface area contributed by atoms with Crippen LogP contribution in [-0.4, -0.2) is 30.5 Å². The van der Waals surface area contributed by atoms with Gasteiger partial charge in [0.2, 0.25) is 0 Å². The normalized spacial score (nSPS) is 19.9. The van der Waals surface area contributed by atoms with Crippen LogP contribution in [0.2, 0.25) is 0 Å². The zero-order valence-electron chi connectivity index (χ0n) is 9.04. The third-order valence-corrected chi connectivity index (χ3v) is 3.39. The topological polar surface area (TPSA) is 54.6 Å². The van der Waals surface area contributed by atoms with Crippen molar-refractivity contribution >= 4 is 22.6 Å².